The summed E-state index contributed by atoms with van der Waals surface area (Å²) in [5.41, 5.74) is 0.274. The maximum Gasteiger partial charge on any atom is 0.433 e. The molecule has 4 aromatic rings. The van der Waals surface area contributed by atoms with Gasteiger partial charge in [-0.15, -0.1) is 0 Å². The molecule has 3 heterocycles. The molecule has 1 aliphatic carbocycles. The largest absolute Gasteiger partial charge is 0.495 e. The number of halogens is 4. The SMILES string of the molecule is COc1cccc(-c2c[nH]c(-c3cnn(C4CC(C)(O[Si](C)(C)C(C)(C)C)C4)c3C(F)(F)F)c2-c2ncccn2)c1Cl. The Morgan fingerprint density at radius 2 is 1.71 bits per heavy atom. The molecule has 0 unspecified atom stereocenters. The zero-order valence-corrected chi connectivity index (χ0v) is 26.5. The van der Waals surface area contributed by atoms with Crippen molar-refractivity contribution in [2.45, 2.75) is 76.5 Å². The number of hydrogen-bond donors (Lipinski definition) is 1. The second-order valence-corrected chi connectivity index (χ2v) is 17.7. The van der Waals surface area contributed by atoms with E-state index in [2.05, 4.69) is 53.9 Å². The van der Waals surface area contributed by atoms with Crippen LogP contribution in [0.25, 0.3) is 33.8 Å². The highest BCUT2D eigenvalue weighted by atomic mass is 35.5. The van der Waals surface area contributed by atoms with Crippen LogP contribution in [0, 0.1) is 0 Å². The van der Waals surface area contributed by atoms with E-state index in [4.69, 9.17) is 20.8 Å². The Hall–Kier alpha value is -3.15. The van der Waals surface area contributed by atoms with Crippen molar-refractivity contribution in [2.24, 2.45) is 0 Å². The summed E-state index contributed by atoms with van der Waals surface area (Å²) in [6.07, 6.45) is 2.17. The highest BCUT2D eigenvalue weighted by Crippen LogP contribution is 2.52. The van der Waals surface area contributed by atoms with E-state index >= 15 is 0 Å². The normalized spacial score (nSPS) is 19.5. The second-order valence-electron chi connectivity index (χ2n) is 12.6. The van der Waals surface area contributed by atoms with Crippen molar-refractivity contribution in [3.8, 4) is 39.5 Å². The molecule has 0 amide bonds. The first-order valence-electron chi connectivity index (χ1n) is 13.7. The van der Waals surface area contributed by atoms with E-state index in [1.165, 1.54) is 13.3 Å². The summed E-state index contributed by atoms with van der Waals surface area (Å²) >= 11 is 6.65. The van der Waals surface area contributed by atoms with Gasteiger partial charge in [0.15, 0.2) is 19.8 Å². The minimum Gasteiger partial charge on any atom is -0.495 e. The molecule has 0 saturated heterocycles. The molecule has 1 N–H and O–H groups in total. The van der Waals surface area contributed by atoms with E-state index in [0.717, 1.165) is 4.68 Å². The minimum atomic E-state index is -4.67. The number of methoxy groups -OCH3 is 1. The van der Waals surface area contributed by atoms with Gasteiger partial charge in [-0.05, 0) is 50.0 Å². The third-order valence-electron chi connectivity index (χ3n) is 8.46. The fraction of sp³-hybridized carbons (Fsp3) is 0.433. The molecular weight excluding hydrogens is 583 g/mol. The zero-order valence-electron chi connectivity index (χ0n) is 24.7. The average molecular weight is 618 g/mol. The number of ether oxygens (including phenoxy) is 1. The molecule has 1 saturated carbocycles. The Bertz CT molecular complexity index is 1590. The van der Waals surface area contributed by atoms with Crippen LogP contribution in [0.2, 0.25) is 23.2 Å². The van der Waals surface area contributed by atoms with Crippen molar-refractivity contribution in [3.63, 3.8) is 0 Å². The first-order chi connectivity index (χ1) is 19.6. The summed E-state index contributed by atoms with van der Waals surface area (Å²) in [6, 6.07) is 6.44. The van der Waals surface area contributed by atoms with Crippen LogP contribution in [0.15, 0.2) is 49.1 Å². The summed E-state index contributed by atoms with van der Waals surface area (Å²) in [7, 11) is -0.613. The van der Waals surface area contributed by atoms with E-state index in [9.17, 15) is 13.2 Å². The number of aromatic nitrogens is 5. The minimum absolute atomic E-state index is 0.00992. The molecule has 0 atom stereocenters. The lowest BCUT2D eigenvalue weighted by atomic mass is 9.77. The molecule has 224 valence electrons. The lowest BCUT2D eigenvalue weighted by Crippen LogP contribution is -2.54. The van der Waals surface area contributed by atoms with Crippen molar-refractivity contribution in [1.82, 2.24) is 24.7 Å². The standard InChI is InChI=1S/C30H35ClF3N5O2Si/c1-28(2,3)42(6,7)41-29(4)14-18(15-29)39-26(30(32,33)34)21(17-38-39)25-23(27-35-12-9-13-36-27)20(16-37-25)19-10-8-11-22(40-5)24(19)31/h8-13,16-18,37H,14-15H2,1-7H3. The van der Waals surface area contributed by atoms with Gasteiger partial charge >= 0.3 is 6.18 Å². The predicted molar refractivity (Wildman–Crippen MR) is 160 cm³/mol. The lowest BCUT2D eigenvalue weighted by molar-refractivity contribution is -0.148. The van der Waals surface area contributed by atoms with Crippen LogP contribution >= 0.6 is 11.6 Å². The molecular formula is C30H35ClF3N5O2Si. The van der Waals surface area contributed by atoms with Crippen LogP contribution in [-0.4, -0.2) is 45.8 Å². The number of hydrogen-bond acceptors (Lipinski definition) is 5. The summed E-state index contributed by atoms with van der Waals surface area (Å²) in [5, 5.41) is 4.61. The van der Waals surface area contributed by atoms with Crippen LogP contribution in [-0.2, 0) is 10.6 Å². The van der Waals surface area contributed by atoms with E-state index in [-0.39, 0.29) is 22.1 Å². The van der Waals surface area contributed by atoms with Gasteiger partial charge in [-0.3, -0.25) is 4.68 Å². The molecule has 5 rings (SSSR count). The molecule has 0 bridgehead atoms. The van der Waals surface area contributed by atoms with E-state index in [1.54, 1.807) is 42.9 Å². The van der Waals surface area contributed by atoms with E-state index in [1.807, 2.05) is 6.92 Å². The molecule has 0 radical (unpaired) electrons. The fourth-order valence-electron chi connectivity index (χ4n) is 5.45. The van der Waals surface area contributed by atoms with Gasteiger partial charge < -0.3 is 14.1 Å². The molecule has 12 heteroatoms. The number of nitrogens with one attached hydrogen (secondary N) is 1. The van der Waals surface area contributed by atoms with Crippen molar-refractivity contribution in [2.75, 3.05) is 7.11 Å². The smallest absolute Gasteiger partial charge is 0.433 e. The lowest BCUT2D eigenvalue weighted by Gasteiger charge is -2.52. The number of aromatic amines is 1. The maximum absolute atomic E-state index is 14.8. The molecule has 0 aliphatic heterocycles. The Labute approximate surface area is 249 Å². The molecule has 1 fully saturated rings. The van der Waals surface area contributed by atoms with Gasteiger partial charge in [-0.25, -0.2) is 9.97 Å². The average Bonchev–Trinajstić information content (AvgIpc) is 3.51. The highest BCUT2D eigenvalue weighted by molar-refractivity contribution is 6.74. The number of rotatable bonds is 7. The number of nitrogens with zero attached hydrogens (tertiary/aromatic N) is 4. The first kappa shape index (κ1) is 30.3. The van der Waals surface area contributed by atoms with Gasteiger partial charge in [-0.1, -0.05) is 44.5 Å². The Morgan fingerprint density at radius 1 is 1.05 bits per heavy atom. The number of alkyl halides is 3. The second kappa shape index (κ2) is 10.5. The highest BCUT2D eigenvalue weighted by Gasteiger charge is 2.52. The Kier molecular flexibility index (Phi) is 7.60. The maximum atomic E-state index is 14.8. The van der Waals surface area contributed by atoms with Crippen molar-refractivity contribution in [1.29, 1.82) is 0 Å². The molecule has 0 spiro atoms. The zero-order chi connectivity index (χ0) is 30.7. The van der Waals surface area contributed by atoms with Crippen LogP contribution in [0.5, 0.6) is 5.75 Å². The molecule has 42 heavy (non-hydrogen) atoms. The Balaban J connectivity index is 1.60. The van der Waals surface area contributed by atoms with Gasteiger partial charge in [-0.2, -0.15) is 18.3 Å². The molecule has 1 aromatic carbocycles. The summed E-state index contributed by atoms with van der Waals surface area (Å²) in [5.74, 6) is 0.691. The third kappa shape index (κ3) is 5.38. The summed E-state index contributed by atoms with van der Waals surface area (Å²) < 4.78 is 57.6. The van der Waals surface area contributed by atoms with Gasteiger partial charge in [0.25, 0.3) is 0 Å². The van der Waals surface area contributed by atoms with Gasteiger partial charge in [0.05, 0.1) is 41.2 Å². The van der Waals surface area contributed by atoms with Gasteiger partial charge in [0.2, 0.25) is 0 Å². The topological polar surface area (TPSA) is 77.8 Å². The van der Waals surface area contributed by atoms with Gasteiger partial charge in [0, 0.05) is 35.3 Å². The van der Waals surface area contributed by atoms with Crippen molar-refractivity contribution >= 4 is 19.9 Å². The van der Waals surface area contributed by atoms with Crippen molar-refractivity contribution < 1.29 is 22.3 Å². The van der Waals surface area contributed by atoms with Crippen LogP contribution in [0.4, 0.5) is 13.2 Å². The number of benzene rings is 1. The fourth-order valence-corrected chi connectivity index (χ4v) is 7.46. The predicted octanol–water partition coefficient (Wildman–Crippen LogP) is 8.80. The molecule has 3 aromatic heterocycles. The van der Waals surface area contributed by atoms with Crippen molar-refractivity contribution in [3.05, 3.63) is 59.8 Å². The summed E-state index contributed by atoms with van der Waals surface area (Å²) in [4.78, 5) is 11.8. The van der Waals surface area contributed by atoms with E-state index in [0.29, 0.717) is 40.3 Å². The summed E-state index contributed by atoms with van der Waals surface area (Å²) in [6.45, 7) is 12.8. The molecule has 1 aliphatic rings. The number of H-pyrrole nitrogens is 1. The van der Waals surface area contributed by atoms with Crippen LogP contribution in [0.1, 0.15) is 52.3 Å². The Morgan fingerprint density at radius 3 is 2.31 bits per heavy atom. The third-order valence-corrected chi connectivity index (χ3v) is 13.5. The first-order valence-corrected chi connectivity index (χ1v) is 17.0. The van der Waals surface area contributed by atoms with Crippen LogP contribution in [0.3, 0.4) is 0 Å². The monoisotopic (exact) mass is 617 g/mol. The molecule has 7 nitrogen and oxygen atoms in total. The van der Waals surface area contributed by atoms with E-state index < -0.39 is 31.8 Å². The quantitative estimate of drug-likeness (QED) is 0.210. The van der Waals surface area contributed by atoms with Crippen LogP contribution < -0.4 is 4.74 Å². The van der Waals surface area contributed by atoms with Gasteiger partial charge in [0.1, 0.15) is 5.75 Å².